The van der Waals surface area contributed by atoms with Gasteiger partial charge in [-0.2, -0.15) is 0 Å². The first-order valence-corrected chi connectivity index (χ1v) is 5.45. The van der Waals surface area contributed by atoms with Crippen molar-refractivity contribution in [1.82, 2.24) is 5.32 Å². The number of hydrogen-bond acceptors (Lipinski definition) is 3. The standard InChI is InChI=1S/C12H15NO3/c1-2-13-10-5-6-16-11-7-8(12(14)15)3-4-9(10)11/h3-4,7,10,13H,2,5-6H2,1H3,(H,14,15). The summed E-state index contributed by atoms with van der Waals surface area (Å²) in [4.78, 5) is 10.8. The van der Waals surface area contributed by atoms with Crippen LogP contribution in [-0.2, 0) is 0 Å². The molecule has 1 aliphatic rings. The largest absolute Gasteiger partial charge is 0.493 e. The van der Waals surface area contributed by atoms with Crippen molar-refractivity contribution in [1.29, 1.82) is 0 Å². The van der Waals surface area contributed by atoms with E-state index in [2.05, 4.69) is 12.2 Å². The Labute approximate surface area is 94.2 Å². The molecular weight excluding hydrogens is 206 g/mol. The van der Waals surface area contributed by atoms with Crippen LogP contribution in [0.1, 0.15) is 35.3 Å². The quantitative estimate of drug-likeness (QED) is 0.817. The van der Waals surface area contributed by atoms with Gasteiger partial charge in [0.2, 0.25) is 0 Å². The highest BCUT2D eigenvalue weighted by Gasteiger charge is 2.21. The fourth-order valence-corrected chi connectivity index (χ4v) is 1.98. The molecule has 1 atom stereocenters. The second-order valence-corrected chi connectivity index (χ2v) is 3.81. The molecule has 1 aliphatic heterocycles. The first-order chi connectivity index (χ1) is 7.72. The minimum Gasteiger partial charge on any atom is -0.493 e. The van der Waals surface area contributed by atoms with E-state index in [0.29, 0.717) is 12.4 Å². The van der Waals surface area contributed by atoms with Crippen LogP contribution in [0.25, 0.3) is 0 Å². The minimum absolute atomic E-state index is 0.274. The maximum absolute atomic E-state index is 10.8. The highest BCUT2D eigenvalue weighted by Crippen LogP contribution is 2.32. The molecule has 4 heteroatoms. The number of hydrogen-bond donors (Lipinski definition) is 2. The zero-order chi connectivity index (χ0) is 11.5. The van der Waals surface area contributed by atoms with Gasteiger partial charge >= 0.3 is 5.97 Å². The van der Waals surface area contributed by atoms with Crippen molar-refractivity contribution in [2.75, 3.05) is 13.2 Å². The van der Waals surface area contributed by atoms with Crippen LogP contribution in [0.5, 0.6) is 5.75 Å². The van der Waals surface area contributed by atoms with Crippen LogP contribution in [0.2, 0.25) is 0 Å². The molecule has 0 saturated carbocycles. The van der Waals surface area contributed by atoms with Crippen molar-refractivity contribution in [3.63, 3.8) is 0 Å². The molecule has 0 bridgehead atoms. The van der Waals surface area contributed by atoms with Crippen LogP contribution in [0.3, 0.4) is 0 Å². The predicted octanol–water partition coefficient (Wildman–Crippen LogP) is 1.82. The van der Waals surface area contributed by atoms with Gasteiger partial charge in [0.05, 0.1) is 12.2 Å². The predicted molar refractivity (Wildman–Crippen MR) is 59.9 cm³/mol. The number of benzene rings is 1. The van der Waals surface area contributed by atoms with E-state index in [1.165, 1.54) is 0 Å². The van der Waals surface area contributed by atoms with Crippen LogP contribution in [0, 0.1) is 0 Å². The summed E-state index contributed by atoms with van der Waals surface area (Å²) in [5, 5.41) is 12.2. The molecule has 2 rings (SSSR count). The van der Waals surface area contributed by atoms with Gasteiger partial charge in [-0.3, -0.25) is 0 Å². The molecule has 16 heavy (non-hydrogen) atoms. The third kappa shape index (κ3) is 2.02. The molecule has 0 aromatic heterocycles. The Kier molecular flexibility index (Phi) is 3.10. The summed E-state index contributed by atoms with van der Waals surface area (Å²) in [6.07, 6.45) is 0.924. The van der Waals surface area contributed by atoms with Gasteiger partial charge in [0, 0.05) is 18.0 Å². The Bertz CT molecular complexity index is 403. The van der Waals surface area contributed by atoms with Crippen LogP contribution in [-0.4, -0.2) is 24.2 Å². The summed E-state index contributed by atoms with van der Waals surface area (Å²) in [5.41, 5.74) is 1.33. The van der Waals surface area contributed by atoms with Crippen molar-refractivity contribution in [2.45, 2.75) is 19.4 Å². The molecule has 1 aromatic carbocycles. The molecule has 0 amide bonds. The first kappa shape index (κ1) is 11.0. The van der Waals surface area contributed by atoms with Crippen LogP contribution >= 0.6 is 0 Å². The molecule has 4 nitrogen and oxygen atoms in total. The molecule has 1 unspecified atom stereocenters. The van der Waals surface area contributed by atoms with Gasteiger partial charge in [0.1, 0.15) is 5.75 Å². The lowest BCUT2D eigenvalue weighted by Crippen LogP contribution is -2.27. The van der Waals surface area contributed by atoms with Gasteiger partial charge < -0.3 is 15.2 Å². The maximum Gasteiger partial charge on any atom is 0.335 e. The number of ether oxygens (including phenoxy) is 1. The molecule has 0 spiro atoms. The summed E-state index contributed by atoms with van der Waals surface area (Å²) in [7, 11) is 0. The Morgan fingerprint density at radius 3 is 3.12 bits per heavy atom. The zero-order valence-corrected chi connectivity index (χ0v) is 9.19. The molecular formula is C12H15NO3. The SMILES string of the molecule is CCNC1CCOc2cc(C(=O)O)ccc21. The molecule has 0 aliphatic carbocycles. The fraction of sp³-hybridized carbons (Fsp3) is 0.417. The monoisotopic (exact) mass is 221 g/mol. The van der Waals surface area contributed by atoms with Crippen molar-refractivity contribution < 1.29 is 14.6 Å². The summed E-state index contributed by atoms with van der Waals surface area (Å²) < 4.78 is 5.49. The summed E-state index contributed by atoms with van der Waals surface area (Å²) in [6.45, 7) is 3.58. The lowest BCUT2D eigenvalue weighted by molar-refractivity contribution is 0.0696. The summed E-state index contributed by atoms with van der Waals surface area (Å²) in [6, 6.07) is 5.34. The Morgan fingerprint density at radius 2 is 2.44 bits per heavy atom. The number of rotatable bonds is 3. The second-order valence-electron chi connectivity index (χ2n) is 3.81. The van der Waals surface area contributed by atoms with Crippen molar-refractivity contribution >= 4 is 5.97 Å². The fourth-order valence-electron chi connectivity index (χ4n) is 1.98. The molecule has 1 heterocycles. The molecule has 1 aromatic rings. The lowest BCUT2D eigenvalue weighted by Gasteiger charge is -2.26. The third-order valence-electron chi connectivity index (χ3n) is 2.75. The van der Waals surface area contributed by atoms with Gasteiger partial charge in [0.15, 0.2) is 0 Å². The Hall–Kier alpha value is -1.55. The topological polar surface area (TPSA) is 58.6 Å². The molecule has 86 valence electrons. The summed E-state index contributed by atoms with van der Waals surface area (Å²) in [5.74, 6) is -0.228. The normalized spacial score (nSPS) is 18.7. The molecule has 0 radical (unpaired) electrons. The van der Waals surface area contributed by atoms with Crippen LogP contribution in [0.15, 0.2) is 18.2 Å². The molecule has 0 fully saturated rings. The van der Waals surface area contributed by atoms with E-state index in [9.17, 15) is 4.79 Å². The highest BCUT2D eigenvalue weighted by atomic mass is 16.5. The number of carboxylic acids is 1. The number of aromatic carboxylic acids is 1. The average molecular weight is 221 g/mol. The van der Waals surface area contributed by atoms with Crippen LogP contribution < -0.4 is 10.1 Å². The van der Waals surface area contributed by atoms with Gasteiger partial charge in [0.25, 0.3) is 0 Å². The number of nitrogens with one attached hydrogen (secondary N) is 1. The van der Waals surface area contributed by atoms with E-state index in [-0.39, 0.29) is 11.6 Å². The smallest absolute Gasteiger partial charge is 0.335 e. The van der Waals surface area contributed by atoms with E-state index in [0.717, 1.165) is 18.5 Å². The zero-order valence-electron chi connectivity index (χ0n) is 9.19. The van der Waals surface area contributed by atoms with E-state index >= 15 is 0 Å². The van der Waals surface area contributed by atoms with Gasteiger partial charge in [-0.25, -0.2) is 4.79 Å². The van der Waals surface area contributed by atoms with E-state index < -0.39 is 5.97 Å². The van der Waals surface area contributed by atoms with Crippen molar-refractivity contribution in [2.24, 2.45) is 0 Å². The average Bonchev–Trinajstić information content (AvgIpc) is 2.29. The van der Waals surface area contributed by atoms with Gasteiger partial charge in [-0.1, -0.05) is 13.0 Å². The number of carboxylic acid groups (broad SMARTS) is 1. The van der Waals surface area contributed by atoms with E-state index in [1.807, 2.05) is 6.07 Å². The van der Waals surface area contributed by atoms with E-state index in [1.54, 1.807) is 12.1 Å². The van der Waals surface area contributed by atoms with Crippen molar-refractivity contribution in [3.8, 4) is 5.75 Å². The van der Waals surface area contributed by atoms with E-state index in [4.69, 9.17) is 9.84 Å². The first-order valence-electron chi connectivity index (χ1n) is 5.45. The van der Waals surface area contributed by atoms with Gasteiger partial charge in [-0.05, 0) is 18.7 Å². The third-order valence-corrected chi connectivity index (χ3v) is 2.75. The minimum atomic E-state index is -0.919. The van der Waals surface area contributed by atoms with Crippen LogP contribution in [0.4, 0.5) is 0 Å². The maximum atomic E-state index is 10.8. The Morgan fingerprint density at radius 1 is 1.62 bits per heavy atom. The number of fused-ring (bicyclic) bond motifs is 1. The van der Waals surface area contributed by atoms with Crippen molar-refractivity contribution in [3.05, 3.63) is 29.3 Å². The summed E-state index contributed by atoms with van der Waals surface area (Å²) >= 11 is 0. The highest BCUT2D eigenvalue weighted by molar-refractivity contribution is 5.88. The number of carbonyl (C=O) groups is 1. The molecule has 0 saturated heterocycles. The van der Waals surface area contributed by atoms with Gasteiger partial charge in [-0.15, -0.1) is 0 Å². The Balaban J connectivity index is 2.32. The molecule has 2 N–H and O–H groups in total. The lowest BCUT2D eigenvalue weighted by atomic mass is 9.99. The second kappa shape index (κ2) is 4.53.